The van der Waals surface area contributed by atoms with E-state index in [1.807, 2.05) is 13.8 Å². The van der Waals surface area contributed by atoms with Crippen molar-refractivity contribution in [3.63, 3.8) is 0 Å². The maximum Gasteiger partial charge on any atom is 0.389 e. The zero-order chi connectivity index (χ0) is 13.2. The van der Waals surface area contributed by atoms with Crippen LogP contribution in [0.15, 0.2) is 0 Å². The minimum atomic E-state index is -4.08. The van der Waals surface area contributed by atoms with E-state index in [1.54, 1.807) is 4.68 Å². The lowest BCUT2D eigenvalue weighted by atomic mass is 10.1. The summed E-state index contributed by atoms with van der Waals surface area (Å²) in [6, 6.07) is -0.112. The van der Waals surface area contributed by atoms with Crippen LogP contribution >= 0.6 is 22.6 Å². The molecule has 17 heavy (non-hydrogen) atoms. The topological polar surface area (TPSA) is 43.8 Å². The van der Waals surface area contributed by atoms with Crippen LogP contribution in [0.4, 0.5) is 19.0 Å². The molecular formula is C10H15F3IN3. The number of nitrogens with two attached hydrogens (primary N) is 1. The molecule has 1 aromatic rings. The lowest BCUT2D eigenvalue weighted by Gasteiger charge is -2.14. The smallest absolute Gasteiger partial charge is 0.383 e. The van der Waals surface area contributed by atoms with Crippen molar-refractivity contribution in [1.29, 1.82) is 0 Å². The predicted molar refractivity (Wildman–Crippen MR) is 68.7 cm³/mol. The van der Waals surface area contributed by atoms with Gasteiger partial charge in [-0.2, -0.15) is 18.3 Å². The monoisotopic (exact) mass is 361 g/mol. The van der Waals surface area contributed by atoms with Gasteiger partial charge >= 0.3 is 6.18 Å². The van der Waals surface area contributed by atoms with Crippen molar-refractivity contribution in [2.75, 3.05) is 5.73 Å². The first-order chi connectivity index (χ1) is 7.72. The van der Waals surface area contributed by atoms with E-state index in [-0.39, 0.29) is 12.5 Å². The number of hydrogen-bond donors (Lipinski definition) is 1. The Morgan fingerprint density at radius 1 is 1.47 bits per heavy atom. The molecule has 2 N–H and O–H groups in total. The largest absolute Gasteiger partial charge is 0.389 e. The minimum absolute atomic E-state index is 0.0968. The summed E-state index contributed by atoms with van der Waals surface area (Å²) in [6.07, 6.45) is -4.32. The number of anilines is 1. The summed E-state index contributed by atoms with van der Waals surface area (Å²) in [5, 5.41) is 4.23. The number of aryl methyl sites for hydroxylation is 1. The molecule has 1 rings (SSSR count). The molecule has 0 aliphatic carbocycles. The summed E-state index contributed by atoms with van der Waals surface area (Å²) in [7, 11) is 0. The normalized spacial score (nSPS) is 14.0. The van der Waals surface area contributed by atoms with E-state index >= 15 is 0 Å². The zero-order valence-corrected chi connectivity index (χ0v) is 11.8. The number of rotatable bonds is 4. The molecule has 0 saturated heterocycles. The molecule has 3 nitrogen and oxygen atoms in total. The number of aromatic nitrogens is 2. The van der Waals surface area contributed by atoms with Gasteiger partial charge in [0.1, 0.15) is 5.82 Å². The van der Waals surface area contributed by atoms with Crippen LogP contribution in [0.25, 0.3) is 0 Å². The second-order valence-corrected chi connectivity index (χ2v) is 5.16. The Morgan fingerprint density at radius 3 is 2.47 bits per heavy atom. The van der Waals surface area contributed by atoms with Crippen LogP contribution in [0.3, 0.4) is 0 Å². The summed E-state index contributed by atoms with van der Waals surface area (Å²) in [5.41, 5.74) is 6.64. The van der Waals surface area contributed by atoms with Gasteiger partial charge in [0.15, 0.2) is 0 Å². The number of nitrogen functional groups attached to an aromatic ring is 1. The molecule has 0 fully saturated rings. The van der Waals surface area contributed by atoms with Gasteiger partial charge in [-0.3, -0.25) is 0 Å². The summed E-state index contributed by atoms with van der Waals surface area (Å²) < 4.78 is 38.5. The van der Waals surface area contributed by atoms with Crippen molar-refractivity contribution < 1.29 is 13.2 Å². The van der Waals surface area contributed by atoms with Gasteiger partial charge < -0.3 is 5.73 Å². The second-order valence-electron chi connectivity index (χ2n) is 4.09. The zero-order valence-electron chi connectivity index (χ0n) is 9.68. The lowest BCUT2D eigenvalue weighted by Crippen LogP contribution is -2.13. The van der Waals surface area contributed by atoms with Gasteiger partial charge in [0.05, 0.1) is 15.3 Å². The molecule has 0 aromatic carbocycles. The third kappa shape index (κ3) is 4.04. The fourth-order valence-corrected chi connectivity index (χ4v) is 1.96. The average Bonchev–Trinajstić information content (AvgIpc) is 2.44. The Balaban J connectivity index is 2.58. The highest BCUT2D eigenvalue weighted by molar-refractivity contribution is 14.1. The van der Waals surface area contributed by atoms with E-state index in [4.69, 9.17) is 5.73 Å². The van der Waals surface area contributed by atoms with E-state index < -0.39 is 12.6 Å². The van der Waals surface area contributed by atoms with Gasteiger partial charge in [-0.15, -0.1) is 0 Å². The van der Waals surface area contributed by atoms with Crippen LogP contribution < -0.4 is 5.73 Å². The molecule has 98 valence electrons. The van der Waals surface area contributed by atoms with Crippen molar-refractivity contribution in [2.45, 2.75) is 45.3 Å². The summed E-state index contributed by atoms with van der Waals surface area (Å²) in [6.45, 7) is 3.66. The van der Waals surface area contributed by atoms with E-state index in [0.717, 1.165) is 9.26 Å². The first-order valence-electron chi connectivity index (χ1n) is 5.29. The maximum atomic E-state index is 12.0. The minimum Gasteiger partial charge on any atom is -0.383 e. The van der Waals surface area contributed by atoms with Crippen molar-refractivity contribution in [3.05, 3.63) is 9.26 Å². The van der Waals surface area contributed by atoms with Crippen molar-refractivity contribution in [1.82, 2.24) is 9.78 Å². The first-order valence-corrected chi connectivity index (χ1v) is 6.37. The Kier molecular flexibility index (Phi) is 4.68. The van der Waals surface area contributed by atoms with Gasteiger partial charge in [-0.05, 0) is 49.3 Å². The lowest BCUT2D eigenvalue weighted by molar-refractivity contribution is -0.135. The van der Waals surface area contributed by atoms with Crippen LogP contribution in [0.1, 0.15) is 37.9 Å². The molecule has 0 radical (unpaired) electrons. The molecule has 0 spiro atoms. The van der Waals surface area contributed by atoms with Crippen molar-refractivity contribution in [2.24, 2.45) is 0 Å². The molecule has 1 aromatic heterocycles. The van der Waals surface area contributed by atoms with Crippen LogP contribution in [0.2, 0.25) is 0 Å². The van der Waals surface area contributed by atoms with Crippen molar-refractivity contribution >= 4 is 28.4 Å². The first kappa shape index (κ1) is 14.6. The van der Waals surface area contributed by atoms with Gasteiger partial charge in [0.2, 0.25) is 0 Å². The third-order valence-electron chi connectivity index (χ3n) is 2.55. The van der Waals surface area contributed by atoms with Crippen LogP contribution in [-0.4, -0.2) is 16.0 Å². The van der Waals surface area contributed by atoms with Gasteiger partial charge in [0.25, 0.3) is 0 Å². The fourth-order valence-electron chi connectivity index (χ4n) is 1.60. The molecule has 7 heteroatoms. The second kappa shape index (κ2) is 5.45. The molecule has 0 bridgehead atoms. The van der Waals surface area contributed by atoms with E-state index in [2.05, 4.69) is 27.7 Å². The molecule has 1 unspecified atom stereocenters. The van der Waals surface area contributed by atoms with E-state index in [9.17, 15) is 13.2 Å². The number of alkyl halides is 3. The molecule has 1 atom stereocenters. The quantitative estimate of drug-likeness (QED) is 0.832. The third-order valence-corrected chi connectivity index (χ3v) is 3.88. The molecule has 0 aliphatic heterocycles. The standard InChI is InChI=1S/C10H15F3IN3/c1-6(4-3-5-10(11,12)13)17-9(15)8(14)7(2)16-17/h6H,3-5,15H2,1-2H3. The summed E-state index contributed by atoms with van der Waals surface area (Å²) in [5.74, 6) is 0.530. The van der Waals surface area contributed by atoms with E-state index in [0.29, 0.717) is 12.2 Å². The molecule has 1 heterocycles. The highest BCUT2D eigenvalue weighted by Gasteiger charge is 2.26. The van der Waals surface area contributed by atoms with Crippen LogP contribution in [0, 0.1) is 10.5 Å². The average molecular weight is 361 g/mol. The molecule has 0 saturated carbocycles. The van der Waals surface area contributed by atoms with E-state index in [1.165, 1.54) is 0 Å². The Labute approximate surface area is 112 Å². The summed E-state index contributed by atoms with van der Waals surface area (Å²) in [4.78, 5) is 0. The highest BCUT2D eigenvalue weighted by Crippen LogP contribution is 2.27. The number of halogens is 4. The van der Waals surface area contributed by atoms with Crippen LogP contribution in [-0.2, 0) is 0 Å². The van der Waals surface area contributed by atoms with Gasteiger partial charge in [-0.25, -0.2) is 4.68 Å². The Morgan fingerprint density at radius 2 is 2.06 bits per heavy atom. The van der Waals surface area contributed by atoms with Gasteiger partial charge in [-0.1, -0.05) is 0 Å². The van der Waals surface area contributed by atoms with Crippen LogP contribution in [0.5, 0.6) is 0 Å². The fraction of sp³-hybridized carbons (Fsp3) is 0.700. The molecular weight excluding hydrogens is 346 g/mol. The molecule has 0 amide bonds. The SMILES string of the molecule is Cc1nn(C(C)CCCC(F)(F)F)c(N)c1I. The summed E-state index contributed by atoms with van der Waals surface area (Å²) >= 11 is 2.09. The number of nitrogens with zero attached hydrogens (tertiary/aromatic N) is 2. The van der Waals surface area contributed by atoms with Crippen molar-refractivity contribution in [3.8, 4) is 0 Å². The van der Waals surface area contributed by atoms with Gasteiger partial charge in [0, 0.05) is 6.42 Å². The maximum absolute atomic E-state index is 12.0. The Hall–Kier alpha value is -0.470. The predicted octanol–water partition coefficient (Wildman–Crippen LogP) is 3.67. The number of hydrogen-bond acceptors (Lipinski definition) is 2. The Bertz CT molecular complexity index is 387. The molecule has 0 aliphatic rings. The highest BCUT2D eigenvalue weighted by atomic mass is 127.